The fourth-order valence-corrected chi connectivity index (χ4v) is 4.35. The zero-order valence-corrected chi connectivity index (χ0v) is 16.6. The van der Waals surface area contributed by atoms with E-state index >= 15 is 0 Å². The molecule has 2 aliphatic heterocycles. The van der Waals surface area contributed by atoms with Gasteiger partial charge in [0.25, 0.3) is 5.91 Å². The van der Waals surface area contributed by atoms with Gasteiger partial charge in [-0.1, -0.05) is 47.6 Å². The van der Waals surface area contributed by atoms with Crippen LogP contribution in [0, 0.1) is 0 Å². The Balaban J connectivity index is 1.47. The molecular weight excluding hydrogens is 425 g/mol. The average molecular weight is 442 g/mol. The first-order valence-electron chi connectivity index (χ1n) is 9.92. The fraction of sp³-hybridized carbons (Fsp3) is 0.273. The predicted octanol–water partition coefficient (Wildman–Crippen LogP) is 3.21. The molecule has 3 aromatic rings. The summed E-state index contributed by atoms with van der Waals surface area (Å²) in [6, 6.07) is 14.3. The predicted molar refractivity (Wildman–Crippen MR) is 105 cm³/mol. The van der Waals surface area contributed by atoms with Gasteiger partial charge >= 0.3 is 12.1 Å². The monoisotopic (exact) mass is 442 g/mol. The topological polar surface area (TPSA) is 88.3 Å². The van der Waals surface area contributed by atoms with Gasteiger partial charge in [-0.2, -0.15) is 18.2 Å². The van der Waals surface area contributed by atoms with Crippen molar-refractivity contribution in [2.75, 3.05) is 6.54 Å². The standard InChI is InChI=1S/C22H17F3N4O3/c23-22(24,25)20-27-18(28-32-20)14-6-7-15-11-29(19(31)16(15)8-14)21(10-17(30)26-12-21)9-13-4-2-1-3-5-13/h1-8H,9-12H2,(H,26,30)/t21-/m0/s1. The molecule has 3 heterocycles. The van der Waals surface area contributed by atoms with Crippen LogP contribution in [0.5, 0.6) is 0 Å². The molecule has 1 atom stereocenters. The molecule has 0 bridgehead atoms. The number of benzene rings is 2. The number of nitrogens with one attached hydrogen (secondary N) is 1. The number of hydrogen-bond acceptors (Lipinski definition) is 5. The third-order valence-corrected chi connectivity index (χ3v) is 5.89. The summed E-state index contributed by atoms with van der Waals surface area (Å²) in [5.41, 5.74) is 1.60. The van der Waals surface area contributed by atoms with Crippen molar-refractivity contribution in [1.29, 1.82) is 0 Å². The van der Waals surface area contributed by atoms with Crippen LogP contribution < -0.4 is 5.32 Å². The Morgan fingerprint density at radius 1 is 1.12 bits per heavy atom. The summed E-state index contributed by atoms with van der Waals surface area (Å²) in [5, 5.41) is 6.23. The number of hydrogen-bond donors (Lipinski definition) is 1. The molecule has 2 amide bonds. The van der Waals surface area contributed by atoms with Crippen LogP contribution >= 0.6 is 0 Å². The van der Waals surface area contributed by atoms with Gasteiger partial charge in [0.1, 0.15) is 0 Å². The SMILES string of the molecule is O=C1C[C@](Cc2ccccc2)(N2Cc3ccc(-c4noc(C(F)(F)F)n4)cc3C2=O)CN1. The minimum absolute atomic E-state index is 0.128. The Morgan fingerprint density at radius 2 is 1.91 bits per heavy atom. The Hall–Kier alpha value is -3.69. The molecule has 1 N–H and O–H groups in total. The van der Waals surface area contributed by atoms with E-state index < -0.39 is 17.6 Å². The lowest BCUT2D eigenvalue weighted by atomic mass is 9.88. The van der Waals surface area contributed by atoms with Crippen molar-refractivity contribution in [3.05, 3.63) is 71.1 Å². The third kappa shape index (κ3) is 3.41. The van der Waals surface area contributed by atoms with E-state index in [1.54, 1.807) is 17.0 Å². The number of nitrogens with zero attached hydrogens (tertiary/aromatic N) is 3. The molecule has 0 saturated carbocycles. The van der Waals surface area contributed by atoms with E-state index in [0.717, 1.165) is 11.1 Å². The van der Waals surface area contributed by atoms with Crippen molar-refractivity contribution < 1.29 is 27.3 Å². The van der Waals surface area contributed by atoms with Gasteiger partial charge in [0.05, 0.1) is 12.0 Å². The van der Waals surface area contributed by atoms with Gasteiger partial charge in [-0.3, -0.25) is 9.59 Å². The van der Waals surface area contributed by atoms with Gasteiger partial charge in [0, 0.05) is 24.2 Å². The van der Waals surface area contributed by atoms with Gasteiger partial charge in [0.2, 0.25) is 11.7 Å². The number of carbonyl (C=O) groups excluding carboxylic acids is 2. The molecular formula is C22H17F3N4O3. The lowest BCUT2D eigenvalue weighted by Gasteiger charge is -2.37. The summed E-state index contributed by atoms with van der Waals surface area (Å²) in [4.78, 5) is 30.6. The summed E-state index contributed by atoms with van der Waals surface area (Å²) < 4.78 is 42.7. The molecule has 5 rings (SSSR count). The highest BCUT2D eigenvalue weighted by Crippen LogP contribution is 2.37. The Labute approximate surface area is 180 Å². The Bertz CT molecular complexity index is 1210. The van der Waals surface area contributed by atoms with Crippen LogP contribution in [0.25, 0.3) is 11.4 Å². The van der Waals surface area contributed by atoms with Gasteiger partial charge in [0.15, 0.2) is 0 Å². The summed E-state index contributed by atoms with van der Waals surface area (Å²) in [5.74, 6) is -2.10. The third-order valence-electron chi connectivity index (χ3n) is 5.89. The van der Waals surface area contributed by atoms with E-state index in [1.807, 2.05) is 30.3 Å². The summed E-state index contributed by atoms with van der Waals surface area (Å²) in [6.45, 7) is 0.628. The molecule has 32 heavy (non-hydrogen) atoms. The van der Waals surface area contributed by atoms with Crippen LogP contribution in [0.4, 0.5) is 13.2 Å². The van der Waals surface area contributed by atoms with E-state index in [9.17, 15) is 22.8 Å². The highest BCUT2D eigenvalue weighted by Gasteiger charge is 2.48. The number of carbonyl (C=O) groups is 2. The lowest BCUT2D eigenvalue weighted by Crippen LogP contribution is -2.52. The van der Waals surface area contributed by atoms with E-state index in [2.05, 4.69) is 20.0 Å². The molecule has 7 nitrogen and oxygen atoms in total. The average Bonchev–Trinajstić information content (AvgIpc) is 3.47. The van der Waals surface area contributed by atoms with Crippen molar-refractivity contribution >= 4 is 11.8 Å². The second kappa shape index (κ2) is 7.18. The minimum atomic E-state index is -4.75. The highest BCUT2D eigenvalue weighted by molar-refractivity contribution is 6.00. The normalized spacial score (nSPS) is 20.5. The maximum absolute atomic E-state index is 13.4. The molecule has 164 valence electrons. The quantitative estimate of drug-likeness (QED) is 0.671. The van der Waals surface area contributed by atoms with Crippen LogP contribution in [-0.2, 0) is 23.9 Å². The van der Waals surface area contributed by atoms with Crippen molar-refractivity contribution in [3.8, 4) is 11.4 Å². The van der Waals surface area contributed by atoms with Crippen LogP contribution in [0.2, 0.25) is 0 Å². The first kappa shape index (κ1) is 20.2. The second-order valence-electron chi connectivity index (χ2n) is 8.02. The minimum Gasteiger partial charge on any atom is -0.354 e. The fourth-order valence-electron chi connectivity index (χ4n) is 4.35. The summed E-state index contributed by atoms with van der Waals surface area (Å²) in [6.07, 6.45) is -4.08. The van der Waals surface area contributed by atoms with E-state index in [-0.39, 0.29) is 29.6 Å². The molecule has 1 fully saturated rings. The maximum Gasteiger partial charge on any atom is 0.471 e. The van der Waals surface area contributed by atoms with Crippen molar-refractivity contribution in [3.63, 3.8) is 0 Å². The van der Waals surface area contributed by atoms with Crippen LogP contribution in [0.1, 0.15) is 33.8 Å². The molecule has 10 heteroatoms. The van der Waals surface area contributed by atoms with Crippen LogP contribution in [-0.4, -0.2) is 38.9 Å². The number of rotatable bonds is 4. The molecule has 2 aromatic carbocycles. The van der Waals surface area contributed by atoms with Crippen LogP contribution in [0.3, 0.4) is 0 Å². The number of amides is 2. The van der Waals surface area contributed by atoms with Gasteiger partial charge in [-0.05, 0) is 23.6 Å². The van der Waals surface area contributed by atoms with E-state index in [0.29, 0.717) is 25.1 Å². The number of fused-ring (bicyclic) bond motifs is 1. The number of halogens is 3. The molecule has 1 saturated heterocycles. The highest BCUT2D eigenvalue weighted by atomic mass is 19.4. The summed E-state index contributed by atoms with van der Waals surface area (Å²) in [7, 11) is 0. The van der Waals surface area contributed by atoms with Gasteiger partial charge in [-0.15, -0.1) is 0 Å². The van der Waals surface area contributed by atoms with E-state index in [1.165, 1.54) is 6.07 Å². The van der Waals surface area contributed by atoms with Crippen LogP contribution in [0.15, 0.2) is 53.1 Å². The number of aromatic nitrogens is 2. The Kier molecular flexibility index (Phi) is 4.54. The number of alkyl halides is 3. The molecule has 1 aromatic heterocycles. The molecule has 0 spiro atoms. The Morgan fingerprint density at radius 3 is 2.56 bits per heavy atom. The largest absolute Gasteiger partial charge is 0.471 e. The van der Waals surface area contributed by atoms with Gasteiger partial charge in [-0.25, -0.2) is 0 Å². The summed E-state index contributed by atoms with van der Waals surface area (Å²) >= 11 is 0. The molecule has 0 unspecified atom stereocenters. The van der Waals surface area contributed by atoms with Crippen molar-refractivity contribution in [2.45, 2.75) is 31.1 Å². The van der Waals surface area contributed by atoms with Crippen molar-refractivity contribution in [2.24, 2.45) is 0 Å². The smallest absolute Gasteiger partial charge is 0.354 e. The second-order valence-corrected chi connectivity index (χ2v) is 8.02. The zero-order chi connectivity index (χ0) is 22.5. The molecule has 0 radical (unpaired) electrons. The zero-order valence-electron chi connectivity index (χ0n) is 16.6. The van der Waals surface area contributed by atoms with Crippen molar-refractivity contribution in [1.82, 2.24) is 20.4 Å². The van der Waals surface area contributed by atoms with E-state index in [4.69, 9.17) is 0 Å². The lowest BCUT2D eigenvalue weighted by molar-refractivity contribution is -0.159. The first-order chi connectivity index (χ1) is 15.2. The first-order valence-corrected chi connectivity index (χ1v) is 9.92. The maximum atomic E-state index is 13.4. The molecule has 0 aliphatic carbocycles. The van der Waals surface area contributed by atoms with Gasteiger partial charge < -0.3 is 14.7 Å². The molecule has 2 aliphatic rings.